The van der Waals surface area contributed by atoms with Crippen LogP contribution in [-0.2, 0) is 16.0 Å². The van der Waals surface area contributed by atoms with Gasteiger partial charge in [0, 0.05) is 11.6 Å². The van der Waals surface area contributed by atoms with Gasteiger partial charge in [0.25, 0.3) is 0 Å². The Hall–Kier alpha value is -2.49. The molecule has 0 spiro atoms. The van der Waals surface area contributed by atoms with Crippen molar-refractivity contribution in [3.05, 3.63) is 39.2 Å². The maximum Gasteiger partial charge on any atom is 0.310 e. The fraction of sp³-hybridized carbons (Fsp3) is 0.273. The first-order chi connectivity index (χ1) is 8.49. The quantitative estimate of drug-likeness (QED) is 0.462. The van der Waals surface area contributed by atoms with Gasteiger partial charge in [-0.05, 0) is 13.0 Å². The van der Waals surface area contributed by atoms with Crippen LogP contribution < -0.4 is 0 Å². The molecule has 0 aliphatic carbocycles. The van der Waals surface area contributed by atoms with Gasteiger partial charge < -0.3 is 4.74 Å². The van der Waals surface area contributed by atoms with Gasteiger partial charge in [0.2, 0.25) is 5.82 Å². The molecule has 1 rings (SSSR count). The van der Waals surface area contributed by atoms with Crippen LogP contribution in [-0.4, -0.2) is 17.5 Å². The predicted octanol–water partition coefficient (Wildman–Crippen LogP) is 1.71. The lowest BCUT2D eigenvalue weighted by molar-refractivity contribution is -0.387. The fourth-order valence-corrected chi connectivity index (χ4v) is 1.36. The molecule has 0 atom stereocenters. The maximum absolute atomic E-state index is 13.7. The average Bonchev–Trinajstić information content (AvgIpc) is 2.31. The highest BCUT2D eigenvalue weighted by Crippen LogP contribution is 2.23. The van der Waals surface area contributed by atoms with E-state index in [4.69, 9.17) is 5.26 Å². The molecule has 0 radical (unpaired) electrons. The number of halogens is 1. The highest BCUT2D eigenvalue weighted by Gasteiger charge is 2.21. The van der Waals surface area contributed by atoms with Gasteiger partial charge in [0.15, 0.2) is 0 Å². The molecule has 18 heavy (non-hydrogen) atoms. The summed E-state index contributed by atoms with van der Waals surface area (Å²) in [6, 6.07) is 3.59. The summed E-state index contributed by atoms with van der Waals surface area (Å²) in [6.07, 6.45) is -0.448. The summed E-state index contributed by atoms with van der Waals surface area (Å²) in [5.41, 5.74) is -1.13. The summed E-state index contributed by atoms with van der Waals surface area (Å²) in [6.45, 7) is 1.71. The van der Waals surface area contributed by atoms with Crippen molar-refractivity contribution in [3.63, 3.8) is 0 Å². The lowest BCUT2D eigenvalue weighted by atomic mass is 10.1. The Labute approximate surface area is 102 Å². The molecule has 0 unspecified atom stereocenters. The zero-order valence-corrected chi connectivity index (χ0v) is 9.47. The Bertz CT molecular complexity index is 537. The number of nitrogens with zero attached hydrogens (tertiary/aromatic N) is 2. The van der Waals surface area contributed by atoms with Crippen LogP contribution in [0.25, 0.3) is 0 Å². The Balaban J connectivity index is 3.19. The molecule has 0 bridgehead atoms. The van der Waals surface area contributed by atoms with Gasteiger partial charge in [-0.1, -0.05) is 0 Å². The number of carbonyl (C=O) groups excluding carboxylic acids is 1. The van der Waals surface area contributed by atoms with Crippen LogP contribution in [0.3, 0.4) is 0 Å². The van der Waals surface area contributed by atoms with Crippen LogP contribution in [0.15, 0.2) is 12.1 Å². The molecular formula is C11H9FN2O4. The summed E-state index contributed by atoms with van der Waals surface area (Å²) in [4.78, 5) is 20.9. The smallest absolute Gasteiger partial charge is 0.310 e. The van der Waals surface area contributed by atoms with E-state index in [2.05, 4.69) is 4.74 Å². The molecule has 1 aromatic rings. The van der Waals surface area contributed by atoms with Crippen molar-refractivity contribution in [2.24, 2.45) is 0 Å². The molecule has 0 aliphatic heterocycles. The van der Waals surface area contributed by atoms with Gasteiger partial charge in [-0.2, -0.15) is 9.65 Å². The van der Waals surface area contributed by atoms with E-state index in [9.17, 15) is 19.3 Å². The van der Waals surface area contributed by atoms with Gasteiger partial charge in [-0.25, -0.2) is 0 Å². The number of nitro benzene ring substituents is 1. The number of rotatable bonds is 4. The number of nitriles is 1. The highest BCUT2D eigenvalue weighted by atomic mass is 19.1. The normalized spacial score (nSPS) is 9.61. The molecule has 0 aliphatic rings. The minimum absolute atomic E-state index is 0.0811. The zero-order valence-electron chi connectivity index (χ0n) is 9.47. The number of hydrogen-bond acceptors (Lipinski definition) is 5. The molecule has 94 valence electrons. The largest absolute Gasteiger partial charge is 0.466 e. The zero-order chi connectivity index (χ0) is 13.7. The molecule has 0 heterocycles. The van der Waals surface area contributed by atoms with E-state index in [-0.39, 0.29) is 17.7 Å². The van der Waals surface area contributed by atoms with E-state index in [1.165, 1.54) is 0 Å². The van der Waals surface area contributed by atoms with E-state index in [1.807, 2.05) is 0 Å². The molecule has 0 fully saturated rings. The van der Waals surface area contributed by atoms with Crippen molar-refractivity contribution in [2.75, 3.05) is 6.61 Å². The highest BCUT2D eigenvalue weighted by molar-refractivity contribution is 5.73. The first-order valence-corrected chi connectivity index (χ1v) is 5.02. The first-order valence-electron chi connectivity index (χ1n) is 5.02. The minimum atomic E-state index is -1.12. The Morgan fingerprint density at radius 1 is 1.61 bits per heavy atom. The monoisotopic (exact) mass is 252 g/mol. The SMILES string of the molecule is CCOC(=O)Cc1cc(C#N)cc([N+](=O)[O-])c1F. The van der Waals surface area contributed by atoms with E-state index < -0.39 is 28.8 Å². The molecule has 1 aromatic carbocycles. The Kier molecular flexibility index (Phi) is 4.32. The second-order valence-corrected chi connectivity index (χ2v) is 3.32. The summed E-state index contributed by atoms with van der Waals surface area (Å²) in [7, 11) is 0. The van der Waals surface area contributed by atoms with Crippen molar-refractivity contribution in [1.82, 2.24) is 0 Å². The van der Waals surface area contributed by atoms with Gasteiger partial charge in [0.1, 0.15) is 0 Å². The van der Waals surface area contributed by atoms with E-state index in [1.54, 1.807) is 13.0 Å². The summed E-state index contributed by atoms with van der Waals surface area (Å²) in [5, 5.41) is 19.3. The van der Waals surface area contributed by atoms with Crippen LogP contribution in [0.4, 0.5) is 10.1 Å². The van der Waals surface area contributed by atoms with Crippen LogP contribution in [0.1, 0.15) is 18.1 Å². The second kappa shape index (κ2) is 5.72. The van der Waals surface area contributed by atoms with Crippen molar-refractivity contribution in [3.8, 4) is 6.07 Å². The van der Waals surface area contributed by atoms with Crippen LogP contribution in [0.5, 0.6) is 0 Å². The third kappa shape index (κ3) is 3.01. The van der Waals surface area contributed by atoms with Gasteiger partial charge in [0.05, 0.1) is 29.6 Å². The summed E-state index contributed by atoms with van der Waals surface area (Å²) >= 11 is 0. The lowest BCUT2D eigenvalue weighted by Gasteiger charge is -2.04. The lowest BCUT2D eigenvalue weighted by Crippen LogP contribution is -2.10. The molecular weight excluding hydrogens is 243 g/mol. The fourth-order valence-electron chi connectivity index (χ4n) is 1.36. The van der Waals surface area contributed by atoms with Crippen molar-refractivity contribution < 1.29 is 18.8 Å². The third-order valence-corrected chi connectivity index (χ3v) is 2.09. The van der Waals surface area contributed by atoms with Crippen LogP contribution >= 0.6 is 0 Å². The molecule has 0 amide bonds. The van der Waals surface area contributed by atoms with E-state index >= 15 is 0 Å². The van der Waals surface area contributed by atoms with E-state index in [0.29, 0.717) is 0 Å². The second-order valence-electron chi connectivity index (χ2n) is 3.32. The maximum atomic E-state index is 13.7. The standard InChI is InChI=1S/C11H9FN2O4/c1-2-18-10(15)5-8-3-7(6-13)4-9(11(8)12)14(16)17/h3-4H,2,5H2,1H3. The summed E-state index contributed by atoms with van der Waals surface area (Å²) in [5.74, 6) is -1.83. The number of hydrogen-bond donors (Lipinski definition) is 0. The molecule has 7 heteroatoms. The molecule has 0 N–H and O–H groups in total. The first kappa shape index (κ1) is 13.6. The molecule has 0 saturated carbocycles. The van der Waals surface area contributed by atoms with Crippen molar-refractivity contribution in [2.45, 2.75) is 13.3 Å². The Morgan fingerprint density at radius 3 is 2.78 bits per heavy atom. The van der Waals surface area contributed by atoms with Gasteiger partial charge >= 0.3 is 11.7 Å². The van der Waals surface area contributed by atoms with Gasteiger partial charge in [-0.3, -0.25) is 14.9 Å². The average molecular weight is 252 g/mol. The topological polar surface area (TPSA) is 93.2 Å². The third-order valence-electron chi connectivity index (χ3n) is 2.09. The predicted molar refractivity (Wildman–Crippen MR) is 58.1 cm³/mol. The minimum Gasteiger partial charge on any atom is -0.466 e. The van der Waals surface area contributed by atoms with Gasteiger partial charge in [-0.15, -0.1) is 0 Å². The van der Waals surface area contributed by atoms with Crippen molar-refractivity contribution >= 4 is 11.7 Å². The molecule has 6 nitrogen and oxygen atoms in total. The molecule has 0 saturated heterocycles. The molecule has 0 aromatic heterocycles. The number of nitro groups is 1. The number of benzene rings is 1. The number of carbonyl (C=O) groups is 1. The van der Waals surface area contributed by atoms with Crippen molar-refractivity contribution in [1.29, 1.82) is 5.26 Å². The Morgan fingerprint density at radius 2 is 2.28 bits per heavy atom. The number of ether oxygens (including phenoxy) is 1. The number of esters is 1. The van der Waals surface area contributed by atoms with Crippen LogP contribution in [0, 0.1) is 27.3 Å². The summed E-state index contributed by atoms with van der Waals surface area (Å²) < 4.78 is 18.3. The van der Waals surface area contributed by atoms with E-state index in [0.717, 1.165) is 12.1 Å². The van der Waals surface area contributed by atoms with Crippen LogP contribution in [0.2, 0.25) is 0 Å².